The number of piperazine rings is 1. The quantitative estimate of drug-likeness (QED) is 0.777. The summed E-state index contributed by atoms with van der Waals surface area (Å²) in [4.78, 5) is 4.83. The summed E-state index contributed by atoms with van der Waals surface area (Å²) >= 11 is 0. The first-order valence-corrected chi connectivity index (χ1v) is 6.45. The van der Waals surface area contributed by atoms with Crippen molar-refractivity contribution < 1.29 is 0 Å². The standard InChI is InChI=1S/C15H19N3/c1-17-6-8-18(9-7-17)15-5-3-12-10-14(16)4-2-13(12)11-15/h2-5,10-11H,6-9,16H2,1H3. The van der Waals surface area contributed by atoms with Gasteiger partial charge in [-0.25, -0.2) is 0 Å². The van der Waals surface area contributed by atoms with Crippen molar-refractivity contribution in [3.8, 4) is 0 Å². The molecule has 3 rings (SSSR count). The molecule has 94 valence electrons. The van der Waals surface area contributed by atoms with E-state index in [9.17, 15) is 0 Å². The second-order valence-electron chi connectivity index (χ2n) is 5.08. The molecule has 2 N–H and O–H groups in total. The van der Waals surface area contributed by atoms with E-state index in [0.717, 1.165) is 31.9 Å². The number of benzene rings is 2. The smallest absolute Gasteiger partial charge is 0.0373 e. The third-order valence-electron chi connectivity index (χ3n) is 3.72. The number of hydrogen-bond donors (Lipinski definition) is 1. The molecule has 0 aromatic heterocycles. The highest BCUT2D eigenvalue weighted by Gasteiger charge is 2.14. The lowest BCUT2D eigenvalue weighted by atomic mass is 10.1. The highest BCUT2D eigenvalue weighted by molar-refractivity contribution is 5.88. The monoisotopic (exact) mass is 241 g/mol. The fourth-order valence-corrected chi connectivity index (χ4v) is 2.51. The lowest BCUT2D eigenvalue weighted by Gasteiger charge is -2.34. The lowest BCUT2D eigenvalue weighted by Crippen LogP contribution is -2.44. The molecule has 0 saturated carbocycles. The Kier molecular flexibility index (Phi) is 2.84. The number of nitrogen functional groups attached to an aromatic ring is 1. The first-order chi connectivity index (χ1) is 8.72. The first kappa shape index (κ1) is 11.4. The van der Waals surface area contributed by atoms with Crippen molar-refractivity contribution in [1.82, 2.24) is 4.90 Å². The van der Waals surface area contributed by atoms with Crippen LogP contribution in [0.4, 0.5) is 11.4 Å². The van der Waals surface area contributed by atoms with Crippen LogP contribution in [0.2, 0.25) is 0 Å². The van der Waals surface area contributed by atoms with Crippen molar-refractivity contribution in [1.29, 1.82) is 0 Å². The summed E-state index contributed by atoms with van der Waals surface area (Å²) in [6, 6.07) is 12.7. The molecule has 1 aliphatic heterocycles. The van der Waals surface area contributed by atoms with E-state index in [-0.39, 0.29) is 0 Å². The number of nitrogens with zero attached hydrogens (tertiary/aromatic N) is 2. The molecular formula is C15H19N3. The minimum absolute atomic E-state index is 0.829. The molecule has 18 heavy (non-hydrogen) atoms. The Labute approximate surface area is 108 Å². The Hall–Kier alpha value is -1.74. The fourth-order valence-electron chi connectivity index (χ4n) is 2.51. The van der Waals surface area contributed by atoms with E-state index in [0.29, 0.717) is 0 Å². The maximum Gasteiger partial charge on any atom is 0.0373 e. The van der Waals surface area contributed by atoms with E-state index in [4.69, 9.17) is 5.73 Å². The summed E-state index contributed by atoms with van der Waals surface area (Å²) in [7, 11) is 2.18. The highest BCUT2D eigenvalue weighted by Crippen LogP contribution is 2.24. The summed E-state index contributed by atoms with van der Waals surface area (Å²) in [6.45, 7) is 4.49. The van der Waals surface area contributed by atoms with Gasteiger partial charge in [0.15, 0.2) is 0 Å². The van der Waals surface area contributed by atoms with E-state index < -0.39 is 0 Å². The number of anilines is 2. The first-order valence-electron chi connectivity index (χ1n) is 6.45. The van der Waals surface area contributed by atoms with Gasteiger partial charge in [-0.05, 0) is 42.1 Å². The van der Waals surface area contributed by atoms with E-state index in [1.54, 1.807) is 0 Å². The molecule has 0 radical (unpaired) electrons. The summed E-state index contributed by atoms with van der Waals surface area (Å²) in [6.07, 6.45) is 0. The fraction of sp³-hybridized carbons (Fsp3) is 0.333. The Morgan fingerprint density at radius 1 is 0.889 bits per heavy atom. The normalized spacial score (nSPS) is 17.3. The second-order valence-corrected chi connectivity index (χ2v) is 5.08. The van der Waals surface area contributed by atoms with Gasteiger partial charge in [0.05, 0.1) is 0 Å². The minimum atomic E-state index is 0.829. The molecule has 1 fully saturated rings. The number of fused-ring (bicyclic) bond motifs is 1. The van der Waals surface area contributed by atoms with Gasteiger partial charge in [0.1, 0.15) is 0 Å². The predicted octanol–water partition coefficient (Wildman–Crippen LogP) is 2.17. The maximum absolute atomic E-state index is 5.80. The van der Waals surface area contributed by atoms with Crippen LogP contribution in [0.1, 0.15) is 0 Å². The van der Waals surface area contributed by atoms with Crippen LogP contribution in [0.25, 0.3) is 10.8 Å². The molecule has 3 heteroatoms. The van der Waals surface area contributed by atoms with Crippen molar-refractivity contribution in [2.24, 2.45) is 0 Å². The van der Waals surface area contributed by atoms with E-state index >= 15 is 0 Å². The molecule has 2 aromatic rings. The molecular weight excluding hydrogens is 222 g/mol. The topological polar surface area (TPSA) is 32.5 Å². The number of rotatable bonds is 1. The Morgan fingerprint density at radius 2 is 1.56 bits per heavy atom. The van der Waals surface area contributed by atoms with Crippen LogP contribution in [0.3, 0.4) is 0 Å². The Balaban J connectivity index is 1.91. The highest BCUT2D eigenvalue weighted by atomic mass is 15.2. The van der Waals surface area contributed by atoms with Crippen molar-refractivity contribution in [3.05, 3.63) is 36.4 Å². The molecule has 0 atom stereocenters. The largest absolute Gasteiger partial charge is 0.399 e. The van der Waals surface area contributed by atoms with Gasteiger partial charge in [-0.1, -0.05) is 12.1 Å². The van der Waals surface area contributed by atoms with Crippen molar-refractivity contribution in [2.75, 3.05) is 43.9 Å². The number of hydrogen-bond acceptors (Lipinski definition) is 3. The van der Waals surface area contributed by atoms with Crippen LogP contribution in [-0.2, 0) is 0 Å². The van der Waals surface area contributed by atoms with Crippen LogP contribution < -0.4 is 10.6 Å². The molecule has 2 aromatic carbocycles. The summed E-state index contributed by atoms with van der Waals surface area (Å²) in [5.74, 6) is 0. The number of likely N-dealkylation sites (N-methyl/N-ethyl adjacent to an activating group) is 1. The zero-order valence-electron chi connectivity index (χ0n) is 10.8. The number of nitrogens with two attached hydrogens (primary N) is 1. The van der Waals surface area contributed by atoms with Gasteiger partial charge >= 0.3 is 0 Å². The van der Waals surface area contributed by atoms with Gasteiger partial charge in [0, 0.05) is 37.6 Å². The van der Waals surface area contributed by atoms with Crippen LogP contribution in [0.15, 0.2) is 36.4 Å². The molecule has 1 aliphatic rings. The zero-order valence-corrected chi connectivity index (χ0v) is 10.8. The van der Waals surface area contributed by atoms with E-state index in [2.05, 4.69) is 41.1 Å². The molecule has 0 unspecified atom stereocenters. The molecule has 1 heterocycles. The van der Waals surface area contributed by atoms with Gasteiger partial charge in [-0.2, -0.15) is 0 Å². The SMILES string of the molecule is CN1CCN(c2ccc3cc(N)ccc3c2)CC1. The van der Waals surface area contributed by atoms with E-state index in [1.807, 2.05) is 12.1 Å². The average molecular weight is 241 g/mol. The van der Waals surface area contributed by atoms with Gasteiger partial charge in [-0.3, -0.25) is 0 Å². The maximum atomic E-state index is 5.80. The van der Waals surface area contributed by atoms with Crippen LogP contribution in [-0.4, -0.2) is 38.1 Å². The van der Waals surface area contributed by atoms with Gasteiger partial charge in [0.2, 0.25) is 0 Å². The van der Waals surface area contributed by atoms with E-state index in [1.165, 1.54) is 16.5 Å². The minimum Gasteiger partial charge on any atom is -0.399 e. The molecule has 3 nitrogen and oxygen atoms in total. The molecule has 0 amide bonds. The van der Waals surface area contributed by atoms with Crippen LogP contribution in [0.5, 0.6) is 0 Å². The Bertz CT molecular complexity index is 557. The van der Waals surface area contributed by atoms with Gasteiger partial charge in [-0.15, -0.1) is 0 Å². The molecule has 1 saturated heterocycles. The summed E-state index contributed by atoms with van der Waals surface area (Å²) in [5, 5.41) is 2.48. The molecule has 0 spiro atoms. The second kappa shape index (κ2) is 4.50. The average Bonchev–Trinajstić information content (AvgIpc) is 2.39. The third kappa shape index (κ3) is 2.14. The van der Waals surface area contributed by atoms with Crippen molar-refractivity contribution in [3.63, 3.8) is 0 Å². The predicted molar refractivity (Wildman–Crippen MR) is 78.1 cm³/mol. The van der Waals surface area contributed by atoms with Crippen LogP contribution in [0, 0.1) is 0 Å². The summed E-state index contributed by atoms with van der Waals surface area (Å²) < 4.78 is 0. The van der Waals surface area contributed by atoms with Crippen molar-refractivity contribution >= 4 is 22.1 Å². The zero-order chi connectivity index (χ0) is 12.5. The Morgan fingerprint density at radius 3 is 2.33 bits per heavy atom. The van der Waals surface area contributed by atoms with Crippen molar-refractivity contribution in [2.45, 2.75) is 0 Å². The molecule has 0 bridgehead atoms. The van der Waals surface area contributed by atoms with Gasteiger partial charge < -0.3 is 15.5 Å². The van der Waals surface area contributed by atoms with Gasteiger partial charge in [0.25, 0.3) is 0 Å². The molecule has 0 aliphatic carbocycles. The lowest BCUT2D eigenvalue weighted by molar-refractivity contribution is 0.313. The summed E-state index contributed by atoms with van der Waals surface area (Å²) in [5.41, 5.74) is 7.95. The third-order valence-corrected chi connectivity index (χ3v) is 3.72. The van der Waals surface area contributed by atoms with Crippen LogP contribution >= 0.6 is 0 Å².